The van der Waals surface area contributed by atoms with Gasteiger partial charge in [-0.05, 0) is 80.4 Å². The predicted octanol–water partition coefficient (Wildman–Crippen LogP) is 8.67. The maximum atomic E-state index is 13.9. The van der Waals surface area contributed by atoms with Crippen molar-refractivity contribution in [3.63, 3.8) is 0 Å². The van der Waals surface area contributed by atoms with E-state index in [4.69, 9.17) is 0 Å². The second kappa shape index (κ2) is 12.1. The van der Waals surface area contributed by atoms with Crippen LogP contribution in [0, 0.1) is 36.3 Å². The first-order chi connectivity index (χ1) is 15.0. The molecule has 1 nitrogen and oxygen atoms in total. The van der Waals surface area contributed by atoms with E-state index in [1.807, 2.05) is 6.92 Å². The van der Waals surface area contributed by atoms with Crippen LogP contribution in [0.4, 0.5) is 8.78 Å². The Kier molecular flexibility index (Phi) is 9.53. The summed E-state index contributed by atoms with van der Waals surface area (Å²) in [4.78, 5) is 11.5. The topological polar surface area (TPSA) is 17.1 Å². The highest BCUT2D eigenvalue weighted by atomic mass is 19.1. The normalized spacial score (nSPS) is 26.7. The van der Waals surface area contributed by atoms with Crippen LogP contribution in [0.5, 0.6) is 0 Å². The molecule has 0 amide bonds. The molecule has 0 saturated heterocycles. The van der Waals surface area contributed by atoms with Crippen molar-refractivity contribution in [1.82, 2.24) is 0 Å². The fourth-order valence-corrected chi connectivity index (χ4v) is 5.90. The minimum atomic E-state index is -0.402. The van der Waals surface area contributed by atoms with Gasteiger partial charge in [-0.2, -0.15) is 0 Å². The third kappa shape index (κ3) is 7.39. The number of unbranched alkanes of at least 4 members (excludes halogenated alkanes) is 1. The number of carbonyl (C=O) groups excluding carboxylic acids is 1. The summed E-state index contributed by atoms with van der Waals surface area (Å²) in [5.41, 5.74) is 0.992. The van der Waals surface area contributed by atoms with Crippen molar-refractivity contribution in [3.05, 3.63) is 34.9 Å². The van der Waals surface area contributed by atoms with Crippen LogP contribution in [-0.2, 0) is 4.79 Å². The molecule has 174 valence electrons. The third-order valence-corrected chi connectivity index (χ3v) is 8.29. The first kappa shape index (κ1) is 24.4. The number of Topliss-reactive ketones (excluding diaryl/α,β-unsaturated/α-hetero) is 1. The van der Waals surface area contributed by atoms with Gasteiger partial charge in [-0.15, -0.1) is 0 Å². The van der Waals surface area contributed by atoms with Crippen molar-refractivity contribution in [2.24, 2.45) is 17.8 Å². The van der Waals surface area contributed by atoms with Crippen molar-refractivity contribution >= 4 is 5.78 Å². The van der Waals surface area contributed by atoms with Crippen molar-refractivity contribution in [1.29, 1.82) is 0 Å². The van der Waals surface area contributed by atoms with Crippen LogP contribution in [-0.4, -0.2) is 5.78 Å². The molecular weight excluding hydrogens is 390 g/mol. The van der Waals surface area contributed by atoms with E-state index < -0.39 is 11.6 Å². The molecule has 1 aromatic rings. The van der Waals surface area contributed by atoms with E-state index in [0.29, 0.717) is 18.1 Å². The highest BCUT2D eigenvalue weighted by Crippen LogP contribution is 2.39. The molecular formula is C28H42F2O. The summed E-state index contributed by atoms with van der Waals surface area (Å²) in [5.74, 6) is 2.43. The quantitative estimate of drug-likeness (QED) is 0.338. The van der Waals surface area contributed by atoms with Crippen LogP contribution in [0.25, 0.3) is 0 Å². The summed E-state index contributed by atoms with van der Waals surface area (Å²) in [6.07, 6.45) is 17.9. The van der Waals surface area contributed by atoms with E-state index in [1.165, 1.54) is 71.1 Å². The molecule has 1 aromatic carbocycles. The Morgan fingerprint density at radius 1 is 0.806 bits per heavy atom. The molecule has 2 fully saturated rings. The minimum absolute atomic E-state index is 0.137. The zero-order chi connectivity index (χ0) is 22.2. The number of ketones is 1. The number of hydrogen-bond acceptors (Lipinski definition) is 1. The Balaban J connectivity index is 1.27. The lowest BCUT2D eigenvalue weighted by Gasteiger charge is -2.30. The Morgan fingerprint density at radius 2 is 1.26 bits per heavy atom. The lowest BCUT2D eigenvalue weighted by Crippen LogP contribution is -2.16. The number of carbonyl (C=O) groups is 1. The van der Waals surface area contributed by atoms with Gasteiger partial charge >= 0.3 is 0 Å². The number of hydrogen-bond donors (Lipinski definition) is 0. The van der Waals surface area contributed by atoms with E-state index in [-0.39, 0.29) is 5.56 Å². The molecule has 0 heterocycles. The minimum Gasteiger partial charge on any atom is -0.300 e. The number of rotatable bonds is 10. The SMILES string of the molecule is CCC(=O)CCC1CCC(CCCCC2CCC(c3cc(F)c(C)c(F)c3)CC2)CC1. The van der Waals surface area contributed by atoms with E-state index in [1.54, 1.807) is 12.1 Å². The van der Waals surface area contributed by atoms with Crippen molar-refractivity contribution in [3.8, 4) is 0 Å². The van der Waals surface area contributed by atoms with E-state index >= 15 is 0 Å². The molecule has 2 aliphatic rings. The standard InChI is InChI=1S/C28H42F2O/c1-3-26(31)17-14-23-10-8-21(9-11-23)6-4-5-7-22-12-15-24(16-13-22)25-18-27(29)20(2)28(30)19-25/h18-19,21-24H,3-17H2,1-2H3. The van der Waals surface area contributed by atoms with Gasteiger partial charge in [0.15, 0.2) is 0 Å². The molecule has 3 heteroatoms. The molecule has 0 atom stereocenters. The largest absolute Gasteiger partial charge is 0.300 e. The fraction of sp³-hybridized carbons (Fsp3) is 0.750. The van der Waals surface area contributed by atoms with Crippen LogP contribution in [0.3, 0.4) is 0 Å². The first-order valence-electron chi connectivity index (χ1n) is 12.9. The Bertz CT molecular complexity index is 674. The van der Waals surface area contributed by atoms with Gasteiger partial charge in [-0.3, -0.25) is 4.79 Å². The monoisotopic (exact) mass is 432 g/mol. The number of halogens is 2. The second-order valence-electron chi connectivity index (χ2n) is 10.4. The smallest absolute Gasteiger partial charge is 0.132 e. The summed E-state index contributed by atoms with van der Waals surface area (Å²) < 4.78 is 27.8. The van der Waals surface area contributed by atoms with Gasteiger partial charge in [-0.1, -0.05) is 58.3 Å². The fourth-order valence-electron chi connectivity index (χ4n) is 5.90. The summed E-state index contributed by atoms with van der Waals surface area (Å²) in [6.45, 7) is 3.48. The molecule has 31 heavy (non-hydrogen) atoms. The van der Waals surface area contributed by atoms with Crippen molar-refractivity contribution < 1.29 is 13.6 Å². The van der Waals surface area contributed by atoms with E-state index in [2.05, 4.69) is 0 Å². The average Bonchev–Trinajstić information content (AvgIpc) is 2.79. The lowest BCUT2D eigenvalue weighted by atomic mass is 9.76. The van der Waals surface area contributed by atoms with Gasteiger partial charge in [0.05, 0.1) is 0 Å². The van der Waals surface area contributed by atoms with Gasteiger partial charge in [0.2, 0.25) is 0 Å². The first-order valence-corrected chi connectivity index (χ1v) is 12.9. The highest BCUT2D eigenvalue weighted by Gasteiger charge is 2.24. The summed E-state index contributed by atoms with van der Waals surface area (Å²) in [7, 11) is 0. The van der Waals surface area contributed by atoms with Crippen LogP contribution < -0.4 is 0 Å². The van der Waals surface area contributed by atoms with Gasteiger partial charge in [0.1, 0.15) is 17.4 Å². The molecule has 2 aliphatic carbocycles. The van der Waals surface area contributed by atoms with Gasteiger partial charge in [0, 0.05) is 18.4 Å². The zero-order valence-electron chi connectivity index (χ0n) is 19.7. The molecule has 0 N–H and O–H groups in total. The van der Waals surface area contributed by atoms with Gasteiger partial charge < -0.3 is 0 Å². The molecule has 0 radical (unpaired) electrons. The third-order valence-electron chi connectivity index (χ3n) is 8.29. The Morgan fingerprint density at radius 3 is 1.74 bits per heavy atom. The maximum absolute atomic E-state index is 13.9. The molecule has 0 aromatic heterocycles. The molecule has 3 rings (SSSR count). The molecule has 0 spiro atoms. The van der Waals surface area contributed by atoms with Crippen LogP contribution in [0.1, 0.15) is 120 Å². The molecule has 0 aliphatic heterocycles. The second-order valence-corrected chi connectivity index (χ2v) is 10.4. The maximum Gasteiger partial charge on any atom is 0.132 e. The molecule has 2 saturated carbocycles. The summed E-state index contributed by atoms with van der Waals surface area (Å²) in [5, 5.41) is 0. The van der Waals surface area contributed by atoms with Crippen LogP contribution in [0.15, 0.2) is 12.1 Å². The summed E-state index contributed by atoms with van der Waals surface area (Å²) in [6, 6.07) is 3.11. The lowest BCUT2D eigenvalue weighted by molar-refractivity contribution is -0.119. The van der Waals surface area contributed by atoms with E-state index in [0.717, 1.165) is 49.0 Å². The summed E-state index contributed by atoms with van der Waals surface area (Å²) >= 11 is 0. The van der Waals surface area contributed by atoms with Crippen molar-refractivity contribution in [2.75, 3.05) is 0 Å². The zero-order valence-corrected chi connectivity index (χ0v) is 19.7. The highest BCUT2D eigenvalue weighted by molar-refractivity contribution is 5.77. The molecule has 0 unspecified atom stereocenters. The van der Waals surface area contributed by atoms with Gasteiger partial charge in [-0.25, -0.2) is 8.78 Å². The number of benzene rings is 1. The Hall–Kier alpha value is -1.25. The van der Waals surface area contributed by atoms with E-state index in [9.17, 15) is 13.6 Å². The van der Waals surface area contributed by atoms with Gasteiger partial charge in [0.25, 0.3) is 0 Å². The van der Waals surface area contributed by atoms with Crippen LogP contribution in [0.2, 0.25) is 0 Å². The van der Waals surface area contributed by atoms with Crippen LogP contribution >= 0.6 is 0 Å². The molecule has 0 bridgehead atoms. The Labute approximate surface area is 188 Å². The van der Waals surface area contributed by atoms with Crippen molar-refractivity contribution in [2.45, 2.75) is 116 Å². The average molecular weight is 433 g/mol. The predicted molar refractivity (Wildman–Crippen MR) is 124 cm³/mol.